The molecule has 0 fully saturated rings. The van der Waals surface area contributed by atoms with Crippen LogP contribution >= 0.6 is 0 Å². The minimum Gasteiger partial charge on any atom is -0.511 e. The van der Waals surface area contributed by atoms with Crippen LogP contribution in [0.15, 0.2) is 59.9 Å². The highest BCUT2D eigenvalue weighted by molar-refractivity contribution is 5.91. The highest BCUT2D eigenvalue weighted by Crippen LogP contribution is 2.53. The Morgan fingerprint density at radius 2 is 1.48 bits per heavy atom. The minimum absolute atomic E-state index is 0. The third kappa shape index (κ3) is 4.15. The van der Waals surface area contributed by atoms with Crippen LogP contribution in [0.1, 0.15) is 49.0 Å². The molecular weight excluding hydrogens is 312 g/mol. The largest absolute Gasteiger partial charge is 0.511 e. The van der Waals surface area contributed by atoms with Crippen LogP contribution in [0.3, 0.4) is 0 Å². The van der Waals surface area contributed by atoms with E-state index in [9.17, 15) is 15.0 Å². The zero-order valence-corrected chi connectivity index (χ0v) is 15.8. The van der Waals surface area contributed by atoms with Gasteiger partial charge in [-0.1, -0.05) is 80.9 Å². The lowest BCUT2D eigenvalue weighted by molar-refractivity contribution is -0.132. The predicted octanol–water partition coefficient (Wildman–Crippen LogP) is 6.08. The first-order chi connectivity index (χ1) is 10.6. The van der Waals surface area contributed by atoms with Crippen LogP contribution in [0.2, 0.25) is 0 Å². The quantitative estimate of drug-likeness (QED) is 0.370. The monoisotopic (exact) mass is 346 g/mol. The number of rotatable bonds is 3. The van der Waals surface area contributed by atoms with Crippen molar-refractivity contribution in [2.24, 2.45) is 22.7 Å². The van der Waals surface area contributed by atoms with Gasteiger partial charge >= 0.3 is 5.97 Å². The smallest absolute Gasteiger partial charge is 0.335 e. The lowest BCUT2D eigenvalue weighted by atomic mass is 9.59. The maximum Gasteiger partial charge on any atom is 0.335 e. The van der Waals surface area contributed by atoms with Crippen molar-refractivity contribution >= 4 is 5.97 Å². The number of aliphatic hydroxyl groups is 1. The number of carboxylic acid groups (broad SMARTS) is 1. The SMILES string of the molecule is C.C=C(C(=C)C1C(=C)C(C(C)(C)C)C(=C)C(C(C)(C)C)=C1O)C(=O)O. The van der Waals surface area contributed by atoms with E-state index in [0.29, 0.717) is 5.57 Å². The third-order valence-corrected chi connectivity index (χ3v) is 4.55. The Bertz CT molecular complexity index is 660. The van der Waals surface area contributed by atoms with E-state index in [1.165, 1.54) is 0 Å². The summed E-state index contributed by atoms with van der Waals surface area (Å²) in [4.78, 5) is 11.3. The normalized spacial score (nSPS) is 21.7. The Balaban J connectivity index is 0.00000576. The number of allylic oxidation sites excluding steroid dienone is 3. The zero-order chi connectivity index (χ0) is 19.2. The minimum atomic E-state index is -1.14. The second kappa shape index (κ2) is 7.07. The fourth-order valence-electron chi connectivity index (χ4n) is 3.66. The van der Waals surface area contributed by atoms with E-state index >= 15 is 0 Å². The fourth-order valence-corrected chi connectivity index (χ4v) is 3.66. The van der Waals surface area contributed by atoms with E-state index in [4.69, 9.17) is 0 Å². The van der Waals surface area contributed by atoms with E-state index < -0.39 is 11.9 Å². The number of aliphatic hydroxyl groups excluding tert-OH is 1. The molecule has 0 saturated carbocycles. The molecule has 0 bridgehead atoms. The summed E-state index contributed by atoms with van der Waals surface area (Å²) in [6.07, 6.45) is 0. The van der Waals surface area contributed by atoms with Crippen molar-refractivity contribution in [3.8, 4) is 0 Å². The van der Waals surface area contributed by atoms with Gasteiger partial charge in [-0.3, -0.25) is 0 Å². The van der Waals surface area contributed by atoms with Crippen LogP contribution < -0.4 is 0 Å². The van der Waals surface area contributed by atoms with Crippen molar-refractivity contribution in [1.82, 2.24) is 0 Å². The third-order valence-electron chi connectivity index (χ3n) is 4.55. The van der Waals surface area contributed by atoms with Gasteiger partial charge in [-0.25, -0.2) is 4.79 Å². The molecule has 1 aliphatic rings. The number of aliphatic carboxylic acids is 1. The topological polar surface area (TPSA) is 57.5 Å². The molecular formula is C22H34O3. The van der Waals surface area contributed by atoms with Gasteiger partial charge < -0.3 is 10.2 Å². The lowest BCUT2D eigenvalue weighted by Crippen LogP contribution is -2.36. The molecule has 0 aliphatic heterocycles. The van der Waals surface area contributed by atoms with Crippen LogP contribution in [0.5, 0.6) is 0 Å². The molecule has 2 unspecified atom stereocenters. The average Bonchev–Trinajstić information content (AvgIpc) is 2.33. The summed E-state index contributed by atoms with van der Waals surface area (Å²) in [5.41, 5.74) is 1.95. The highest BCUT2D eigenvalue weighted by atomic mass is 16.4. The van der Waals surface area contributed by atoms with Gasteiger partial charge in [-0.15, -0.1) is 0 Å². The standard InChI is InChI=1S/C21H30O3.CH4/c1-11(12(2)19(23)24)15-13(3)16(20(5,6)7)14(4)17(18(15)22)21(8,9)10;/h15-16,22H,1-4H2,5-10H3,(H,23,24);1H4. The zero-order valence-electron chi connectivity index (χ0n) is 15.8. The molecule has 0 radical (unpaired) electrons. The van der Waals surface area contributed by atoms with Gasteiger partial charge in [-0.05, 0) is 27.5 Å². The molecule has 2 atom stereocenters. The van der Waals surface area contributed by atoms with Crippen molar-refractivity contribution in [1.29, 1.82) is 0 Å². The Morgan fingerprint density at radius 3 is 1.80 bits per heavy atom. The van der Waals surface area contributed by atoms with Crippen LogP contribution in [0, 0.1) is 22.7 Å². The van der Waals surface area contributed by atoms with E-state index in [1.807, 2.05) is 20.8 Å². The van der Waals surface area contributed by atoms with Gasteiger partial charge in [0, 0.05) is 5.92 Å². The van der Waals surface area contributed by atoms with Gasteiger partial charge in [0.1, 0.15) is 5.76 Å². The van der Waals surface area contributed by atoms with Crippen LogP contribution in [0.4, 0.5) is 0 Å². The summed E-state index contributed by atoms with van der Waals surface area (Å²) in [7, 11) is 0. The predicted molar refractivity (Wildman–Crippen MR) is 106 cm³/mol. The molecule has 140 valence electrons. The Labute approximate surface area is 153 Å². The van der Waals surface area contributed by atoms with Gasteiger partial charge in [0.25, 0.3) is 0 Å². The van der Waals surface area contributed by atoms with Gasteiger partial charge in [0.2, 0.25) is 0 Å². The maximum atomic E-state index is 11.3. The van der Waals surface area contributed by atoms with Crippen molar-refractivity contribution < 1.29 is 15.0 Å². The van der Waals surface area contributed by atoms with Crippen LogP contribution in [0.25, 0.3) is 0 Å². The second-order valence-electron chi connectivity index (χ2n) is 8.65. The molecule has 0 aromatic rings. The van der Waals surface area contributed by atoms with Crippen molar-refractivity contribution in [2.75, 3.05) is 0 Å². The first-order valence-corrected chi connectivity index (χ1v) is 8.05. The summed E-state index contributed by atoms with van der Waals surface area (Å²) in [5, 5.41) is 20.2. The van der Waals surface area contributed by atoms with Gasteiger partial charge in [0.15, 0.2) is 0 Å². The fraction of sp³-hybridized carbons (Fsp3) is 0.500. The van der Waals surface area contributed by atoms with Crippen molar-refractivity contribution in [3.63, 3.8) is 0 Å². The summed E-state index contributed by atoms with van der Waals surface area (Å²) in [6.45, 7) is 28.2. The number of hydrogen-bond acceptors (Lipinski definition) is 2. The molecule has 0 amide bonds. The lowest BCUT2D eigenvalue weighted by Gasteiger charge is -2.45. The maximum absolute atomic E-state index is 11.3. The molecule has 2 N–H and O–H groups in total. The number of carboxylic acids is 1. The molecule has 25 heavy (non-hydrogen) atoms. The highest BCUT2D eigenvalue weighted by Gasteiger charge is 2.45. The summed E-state index contributed by atoms with van der Waals surface area (Å²) in [6, 6.07) is 0. The number of hydrogen-bond donors (Lipinski definition) is 2. The van der Waals surface area contributed by atoms with Gasteiger partial charge in [-0.2, -0.15) is 0 Å². The molecule has 0 aromatic carbocycles. The van der Waals surface area contributed by atoms with E-state index in [0.717, 1.165) is 11.1 Å². The number of carbonyl (C=O) groups is 1. The summed E-state index contributed by atoms with van der Waals surface area (Å²) < 4.78 is 0. The van der Waals surface area contributed by atoms with E-state index in [1.54, 1.807) is 0 Å². The van der Waals surface area contributed by atoms with Crippen molar-refractivity contribution in [3.05, 3.63) is 59.9 Å². The second-order valence-corrected chi connectivity index (χ2v) is 8.65. The Morgan fingerprint density at radius 1 is 1.04 bits per heavy atom. The average molecular weight is 347 g/mol. The Hall–Kier alpha value is -2.03. The molecule has 0 saturated heterocycles. The van der Waals surface area contributed by atoms with Crippen LogP contribution in [-0.4, -0.2) is 16.2 Å². The molecule has 0 heterocycles. The molecule has 0 spiro atoms. The van der Waals surface area contributed by atoms with Crippen LogP contribution in [-0.2, 0) is 4.79 Å². The van der Waals surface area contributed by atoms with Crippen molar-refractivity contribution in [2.45, 2.75) is 49.0 Å². The van der Waals surface area contributed by atoms with Gasteiger partial charge in [0.05, 0.1) is 11.5 Å². The first-order valence-electron chi connectivity index (χ1n) is 8.05. The molecule has 0 aromatic heterocycles. The summed E-state index contributed by atoms with van der Waals surface area (Å²) >= 11 is 0. The summed E-state index contributed by atoms with van der Waals surface area (Å²) in [5.74, 6) is -1.80. The molecule has 1 aliphatic carbocycles. The van der Waals surface area contributed by atoms with E-state index in [2.05, 4.69) is 47.1 Å². The Kier molecular flexibility index (Phi) is 6.49. The first kappa shape index (κ1) is 23.0. The molecule has 3 heteroatoms. The molecule has 3 nitrogen and oxygen atoms in total. The molecule has 1 rings (SSSR count). The van der Waals surface area contributed by atoms with E-state index in [-0.39, 0.29) is 41.1 Å².